The van der Waals surface area contributed by atoms with Crippen molar-refractivity contribution in [3.63, 3.8) is 0 Å². The molecule has 5 aliphatic rings. The molecule has 4 aromatic rings. The van der Waals surface area contributed by atoms with Crippen molar-refractivity contribution in [1.29, 1.82) is 0 Å². The summed E-state index contributed by atoms with van der Waals surface area (Å²) in [6, 6.07) is 20.4. The van der Waals surface area contributed by atoms with Crippen molar-refractivity contribution in [3.05, 3.63) is 83.0 Å². The van der Waals surface area contributed by atoms with Crippen LogP contribution >= 0.6 is 12.4 Å². The quantitative estimate of drug-likeness (QED) is 0.322. The molecule has 1 aromatic heterocycles. The van der Waals surface area contributed by atoms with Crippen LogP contribution in [0, 0.1) is 5.92 Å². The molecule has 1 saturated heterocycles. The van der Waals surface area contributed by atoms with Gasteiger partial charge >= 0.3 is 0 Å². The summed E-state index contributed by atoms with van der Waals surface area (Å²) < 4.78 is 7.06. The molecular formula is C32H31ClN2O3. The molecule has 38 heavy (non-hydrogen) atoms. The van der Waals surface area contributed by atoms with E-state index >= 15 is 0 Å². The molecule has 1 spiro atoms. The molecule has 0 radical (unpaired) electrons. The first-order valence-corrected chi connectivity index (χ1v) is 13.8. The molecule has 0 unspecified atom stereocenters. The van der Waals surface area contributed by atoms with Crippen LogP contribution in [0.4, 0.5) is 0 Å². The standard InChI is InChI=1S/C32H30N2O3.ClH/c35-21-5-3-4-19(14-21)22-11-10-20-15-26-32(36)16-24-23-6-1-2-7-25(23)33-28(24)30-31(32,27(20)29(22)37-30)12-13-34(26)17-18-8-9-18;/h1-7,10-11,14,18,26,30,33,35-36H,8-9,12-13,15-17H2;1H/t26-,30-,31-,32+;/m0./s1. The third-order valence-electron chi connectivity index (χ3n) is 10.2. The van der Waals surface area contributed by atoms with Crippen LogP contribution in [0.2, 0.25) is 0 Å². The summed E-state index contributed by atoms with van der Waals surface area (Å²) in [5, 5.41) is 24.5. The highest BCUT2D eigenvalue weighted by molar-refractivity contribution is 5.87. The van der Waals surface area contributed by atoms with Gasteiger partial charge in [-0.25, -0.2) is 0 Å². The van der Waals surface area contributed by atoms with E-state index in [1.165, 1.54) is 34.9 Å². The zero-order chi connectivity index (χ0) is 24.5. The third-order valence-corrected chi connectivity index (χ3v) is 10.2. The van der Waals surface area contributed by atoms with E-state index in [0.29, 0.717) is 6.42 Å². The van der Waals surface area contributed by atoms with E-state index in [4.69, 9.17) is 4.74 Å². The number of aromatic nitrogens is 1. The van der Waals surface area contributed by atoms with E-state index in [9.17, 15) is 10.2 Å². The van der Waals surface area contributed by atoms with Crippen LogP contribution in [0.5, 0.6) is 11.5 Å². The Bertz CT molecular complexity index is 1630. The number of phenolic OH excluding ortho intramolecular Hbond substituents is 1. The summed E-state index contributed by atoms with van der Waals surface area (Å²) in [4.78, 5) is 6.35. The van der Waals surface area contributed by atoms with Crippen molar-refractivity contribution >= 4 is 23.3 Å². The Balaban J connectivity index is 0.00000225. The minimum absolute atomic E-state index is 0. The Morgan fingerprint density at radius 3 is 2.76 bits per heavy atom. The lowest BCUT2D eigenvalue weighted by Crippen LogP contribution is -2.74. The number of fused-ring (bicyclic) bond motifs is 4. The van der Waals surface area contributed by atoms with Crippen molar-refractivity contribution in [2.45, 2.75) is 55.3 Å². The lowest BCUT2D eigenvalue weighted by molar-refractivity contribution is -0.173. The average Bonchev–Trinajstić information content (AvgIpc) is 3.54. The zero-order valence-electron chi connectivity index (χ0n) is 21.1. The number of nitrogens with one attached hydrogen (secondary N) is 1. The van der Waals surface area contributed by atoms with Gasteiger partial charge in [-0.1, -0.05) is 42.5 Å². The van der Waals surface area contributed by atoms with Crippen LogP contribution in [0.3, 0.4) is 0 Å². The van der Waals surface area contributed by atoms with Gasteiger partial charge in [0, 0.05) is 41.0 Å². The van der Waals surface area contributed by atoms with Crippen LogP contribution in [0.25, 0.3) is 22.0 Å². The van der Waals surface area contributed by atoms with Gasteiger partial charge in [-0.05, 0) is 73.0 Å². The van der Waals surface area contributed by atoms with Gasteiger partial charge in [0.05, 0.1) is 16.7 Å². The lowest BCUT2D eigenvalue weighted by atomic mass is 9.49. The molecule has 3 heterocycles. The maximum absolute atomic E-state index is 13.1. The van der Waals surface area contributed by atoms with Gasteiger partial charge in [0.25, 0.3) is 0 Å². The fourth-order valence-corrected chi connectivity index (χ4v) is 8.49. The summed E-state index contributed by atoms with van der Waals surface area (Å²) >= 11 is 0. The van der Waals surface area contributed by atoms with Crippen molar-refractivity contribution < 1.29 is 14.9 Å². The molecule has 3 N–H and O–H groups in total. The average molecular weight is 527 g/mol. The topological polar surface area (TPSA) is 68.7 Å². The number of piperidine rings is 1. The number of hydrogen-bond donors (Lipinski definition) is 3. The molecule has 5 nitrogen and oxygen atoms in total. The molecule has 2 fully saturated rings. The van der Waals surface area contributed by atoms with Crippen LogP contribution in [-0.2, 0) is 18.3 Å². The minimum Gasteiger partial charge on any atom is -0.508 e. The van der Waals surface area contributed by atoms with Gasteiger partial charge in [-0.15, -0.1) is 12.4 Å². The maximum Gasteiger partial charge on any atom is 0.151 e. The highest BCUT2D eigenvalue weighted by Crippen LogP contribution is 2.69. The van der Waals surface area contributed by atoms with E-state index in [2.05, 4.69) is 46.3 Å². The predicted octanol–water partition coefficient (Wildman–Crippen LogP) is 5.66. The Morgan fingerprint density at radius 1 is 1.05 bits per heavy atom. The second kappa shape index (κ2) is 7.56. The van der Waals surface area contributed by atoms with Gasteiger partial charge < -0.3 is 19.9 Å². The van der Waals surface area contributed by atoms with Crippen molar-refractivity contribution in [2.24, 2.45) is 5.92 Å². The largest absolute Gasteiger partial charge is 0.508 e. The van der Waals surface area contributed by atoms with Crippen LogP contribution < -0.4 is 4.74 Å². The Labute approximate surface area is 227 Å². The molecule has 3 aromatic carbocycles. The summed E-state index contributed by atoms with van der Waals surface area (Å²) in [7, 11) is 0. The van der Waals surface area contributed by atoms with Gasteiger partial charge in [-0.3, -0.25) is 4.90 Å². The highest BCUT2D eigenvalue weighted by atomic mass is 35.5. The van der Waals surface area contributed by atoms with E-state index in [0.717, 1.165) is 59.9 Å². The van der Waals surface area contributed by atoms with Gasteiger partial charge in [0.1, 0.15) is 11.5 Å². The number of phenols is 1. The number of aromatic amines is 1. The first-order chi connectivity index (χ1) is 18.1. The molecule has 2 bridgehead atoms. The second-order valence-corrected chi connectivity index (χ2v) is 12.1. The number of para-hydroxylation sites is 1. The fourth-order valence-electron chi connectivity index (χ4n) is 8.49. The van der Waals surface area contributed by atoms with Gasteiger partial charge in [0.15, 0.2) is 6.10 Å². The molecule has 0 amide bonds. The number of nitrogens with zero attached hydrogens (tertiary/aromatic N) is 1. The monoisotopic (exact) mass is 526 g/mol. The van der Waals surface area contributed by atoms with Gasteiger partial charge in [-0.2, -0.15) is 0 Å². The summed E-state index contributed by atoms with van der Waals surface area (Å²) in [6.45, 7) is 2.09. The Hall–Kier alpha value is -2.99. The molecule has 2 aliphatic heterocycles. The molecule has 6 heteroatoms. The molecular weight excluding hydrogens is 496 g/mol. The smallest absolute Gasteiger partial charge is 0.151 e. The Kier molecular flexibility index (Phi) is 4.57. The molecule has 3 aliphatic carbocycles. The van der Waals surface area contributed by atoms with E-state index in [1.54, 1.807) is 6.07 Å². The molecule has 194 valence electrons. The summed E-state index contributed by atoms with van der Waals surface area (Å²) in [5.74, 6) is 1.93. The number of aromatic hydroxyl groups is 1. The van der Waals surface area contributed by atoms with Crippen LogP contribution in [0.15, 0.2) is 60.7 Å². The van der Waals surface area contributed by atoms with E-state index in [1.807, 2.05) is 18.2 Å². The van der Waals surface area contributed by atoms with Crippen molar-refractivity contribution in [2.75, 3.05) is 13.1 Å². The predicted molar refractivity (Wildman–Crippen MR) is 149 cm³/mol. The first-order valence-electron chi connectivity index (χ1n) is 13.8. The number of benzene rings is 3. The van der Waals surface area contributed by atoms with Crippen molar-refractivity contribution in [1.82, 2.24) is 9.88 Å². The van der Waals surface area contributed by atoms with E-state index < -0.39 is 11.0 Å². The van der Waals surface area contributed by atoms with Crippen molar-refractivity contribution in [3.8, 4) is 22.6 Å². The Morgan fingerprint density at radius 2 is 1.92 bits per heavy atom. The first kappa shape index (κ1) is 22.9. The van der Waals surface area contributed by atoms with Gasteiger partial charge in [0.2, 0.25) is 0 Å². The minimum atomic E-state index is -0.904. The molecule has 4 atom stereocenters. The SMILES string of the molecule is Cl.Oc1cccc(-c2ccc3c4c2O[C@H]2c5[nH]c6ccccc6c5C[C@@]5(O)[C@H](C3)N(CC3CC3)CC[C@]425)c1. The van der Waals surface area contributed by atoms with E-state index in [-0.39, 0.29) is 30.3 Å². The number of H-pyrrole nitrogens is 1. The summed E-state index contributed by atoms with van der Waals surface area (Å²) in [6.07, 6.45) is 4.76. The maximum atomic E-state index is 13.1. The van der Waals surface area contributed by atoms with Crippen LogP contribution in [0.1, 0.15) is 47.8 Å². The number of likely N-dealkylation sites (tertiary alicyclic amines) is 1. The fraction of sp³-hybridized carbons (Fsp3) is 0.375. The normalized spacial score (nSPS) is 30.3. The zero-order valence-corrected chi connectivity index (χ0v) is 21.9. The second-order valence-electron chi connectivity index (χ2n) is 12.1. The number of halogens is 1. The van der Waals surface area contributed by atoms with Crippen LogP contribution in [-0.4, -0.2) is 44.8 Å². The highest BCUT2D eigenvalue weighted by Gasteiger charge is 2.72. The number of aliphatic hydroxyl groups is 1. The lowest BCUT2D eigenvalue weighted by Gasteiger charge is -2.62. The number of hydrogen-bond acceptors (Lipinski definition) is 4. The molecule has 9 rings (SSSR count). The number of rotatable bonds is 3. The number of ether oxygens (including phenoxy) is 1. The third kappa shape index (κ3) is 2.70. The summed E-state index contributed by atoms with van der Waals surface area (Å²) in [5.41, 5.74) is 6.55. The molecule has 1 saturated carbocycles.